The monoisotopic (exact) mass is 431 g/mol. The summed E-state index contributed by atoms with van der Waals surface area (Å²) in [5.41, 5.74) is 4.76. The molecule has 0 amide bonds. The van der Waals surface area contributed by atoms with Crippen LogP contribution in [0.3, 0.4) is 0 Å². The first-order chi connectivity index (χ1) is 8.58. The molecule has 2 aromatic rings. The fourth-order valence-corrected chi connectivity index (χ4v) is 1.94. The molecule has 0 atom stereocenters. The zero-order valence-electron chi connectivity index (χ0n) is 11.9. The van der Waals surface area contributed by atoms with E-state index in [-0.39, 0.29) is 20.1 Å². The van der Waals surface area contributed by atoms with Gasteiger partial charge in [-0.25, -0.2) is 0 Å². The van der Waals surface area contributed by atoms with E-state index in [4.69, 9.17) is 0 Å². The summed E-state index contributed by atoms with van der Waals surface area (Å²) >= 11 is 0. The van der Waals surface area contributed by atoms with Crippen LogP contribution in [0, 0.1) is 6.07 Å². The van der Waals surface area contributed by atoms with Crippen LogP contribution in [0.1, 0.15) is 50.7 Å². The topological polar surface area (TPSA) is 12.9 Å². The van der Waals surface area contributed by atoms with Crippen molar-refractivity contribution in [2.24, 2.45) is 0 Å². The van der Waals surface area contributed by atoms with Gasteiger partial charge in [-0.2, -0.15) is 0 Å². The van der Waals surface area contributed by atoms with Gasteiger partial charge in [0.1, 0.15) is 0 Å². The molecule has 0 unspecified atom stereocenters. The largest absolute Gasteiger partial charge is 0.305 e. The van der Waals surface area contributed by atoms with E-state index in [0.717, 1.165) is 11.3 Å². The molecule has 1 heterocycles. The van der Waals surface area contributed by atoms with Crippen molar-refractivity contribution in [3.8, 4) is 11.3 Å². The summed E-state index contributed by atoms with van der Waals surface area (Å²) in [4.78, 5) is 4.46. The Hall–Kier alpha value is -0.981. The first kappa shape index (κ1) is 16.1. The average molecular weight is 431 g/mol. The molecule has 1 nitrogen and oxygen atoms in total. The summed E-state index contributed by atoms with van der Waals surface area (Å²) in [6.45, 7) is 8.81. The van der Waals surface area contributed by atoms with Crippen molar-refractivity contribution < 1.29 is 20.1 Å². The van der Waals surface area contributed by atoms with Crippen molar-refractivity contribution in [2.45, 2.75) is 39.5 Å². The predicted molar refractivity (Wildman–Crippen MR) is 76.7 cm³/mol. The Morgan fingerprint density at radius 2 is 1.58 bits per heavy atom. The first-order valence-corrected chi connectivity index (χ1v) is 6.56. The number of hydrogen-bond acceptors (Lipinski definition) is 1. The van der Waals surface area contributed by atoms with Gasteiger partial charge in [-0.15, -0.1) is 35.4 Å². The van der Waals surface area contributed by atoms with Crippen molar-refractivity contribution in [3.63, 3.8) is 0 Å². The number of aromatic nitrogens is 1. The van der Waals surface area contributed by atoms with E-state index >= 15 is 0 Å². The smallest absolute Gasteiger partial charge is 0.0163 e. The van der Waals surface area contributed by atoms with Crippen molar-refractivity contribution >= 4 is 0 Å². The Balaban J connectivity index is 0.00000180. The van der Waals surface area contributed by atoms with Crippen molar-refractivity contribution in [3.05, 3.63) is 53.7 Å². The van der Waals surface area contributed by atoms with E-state index in [1.807, 2.05) is 12.3 Å². The van der Waals surface area contributed by atoms with E-state index in [9.17, 15) is 0 Å². The third-order valence-electron chi connectivity index (χ3n) is 3.22. The van der Waals surface area contributed by atoms with E-state index in [0.29, 0.717) is 11.8 Å². The van der Waals surface area contributed by atoms with Gasteiger partial charge in [0, 0.05) is 26.3 Å². The molecule has 103 valence electrons. The zero-order valence-corrected chi connectivity index (χ0v) is 14.3. The first-order valence-electron chi connectivity index (χ1n) is 6.56. The Labute approximate surface area is 129 Å². The number of hydrogen-bond donors (Lipinski definition) is 0. The normalized spacial score (nSPS) is 10.6. The molecule has 0 aliphatic rings. The molecule has 19 heavy (non-hydrogen) atoms. The average Bonchev–Trinajstić information content (AvgIpc) is 2.39. The number of rotatable bonds is 3. The summed E-state index contributed by atoms with van der Waals surface area (Å²) in [7, 11) is 0. The second-order valence-corrected chi connectivity index (χ2v) is 5.32. The van der Waals surface area contributed by atoms with Crippen molar-refractivity contribution in [2.75, 3.05) is 0 Å². The fourth-order valence-electron chi connectivity index (χ4n) is 1.94. The number of benzene rings is 1. The number of nitrogens with zero attached hydrogens (tertiary/aromatic N) is 1. The van der Waals surface area contributed by atoms with Crippen molar-refractivity contribution in [1.29, 1.82) is 0 Å². The van der Waals surface area contributed by atoms with Crippen LogP contribution in [0.2, 0.25) is 0 Å². The minimum absolute atomic E-state index is 0. The summed E-state index contributed by atoms with van der Waals surface area (Å²) < 4.78 is 0. The van der Waals surface area contributed by atoms with Crippen LogP contribution in [0.15, 0.2) is 36.5 Å². The van der Waals surface area contributed by atoms with Crippen LogP contribution < -0.4 is 0 Å². The van der Waals surface area contributed by atoms with Gasteiger partial charge in [-0.1, -0.05) is 39.3 Å². The summed E-state index contributed by atoms with van der Waals surface area (Å²) in [6.07, 6.45) is 1.89. The minimum atomic E-state index is 0. The van der Waals surface area contributed by atoms with Crippen LogP contribution in [-0.2, 0) is 20.1 Å². The molecule has 0 aliphatic carbocycles. The SMILES string of the molecule is CC(C)c1cc[c-]c(-c2cc(C(C)C)ccn2)c1.[Ir]. The molecule has 0 saturated carbocycles. The van der Waals surface area contributed by atoms with Crippen molar-refractivity contribution in [1.82, 2.24) is 4.98 Å². The maximum Gasteiger partial charge on any atom is 0.0163 e. The van der Waals surface area contributed by atoms with Crippen LogP contribution in [0.5, 0.6) is 0 Å². The number of pyridine rings is 1. The van der Waals surface area contributed by atoms with Crippen LogP contribution in [0.4, 0.5) is 0 Å². The van der Waals surface area contributed by atoms with E-state index < -0.39 is 0 Å². The van der Waals surface area contributed by atoms with E-state index in [1.165, 1.54) is 11.1 Å². The maximum atomic E-state index is 4.46. The molecule has 2 rings (SSSR count). The molecule has 0 spiro atoms. The quantitative estimate of drug-likeness (QED) is 0.638. The van der Waals surface area contributed by atoms with Crippen LogP contribution in [-0.4, -0.2) is 4.98 Å². The molecule has 0 saturated heterocycles. The van der Waals surface area contributed by atoms with Gasteiger partial charge >= 0.3 is 0 Å². The molecule has 0 fully saturated rings. The Morgan fingerprint density at radius 3 is 2.21 bits per heavy atom. The third kappa shape index (κ3) is 3.99. The minimum Gasteiger partial charge on any atom is -0.305 e. The summed E-state index contributed by atoms with van der Waals surface area (Å²) in [5, 5.41) is 0. The van der Waals surface area contributed by atoms with Crippen LogP contribution in [0.25, 0.3) is 11.3 Å². The second-order valence-electron chi connectivity index (χ2n) is 5.32. The Morgan fingerprint density at radius 1 is 0.947 bits per heavy atom. The molecular weight excluding hydrogens is 410 g/mol. The van der Waals surface area contributed by atoms with Gasteiger partial charge in [0.05, 0.1) is 0 Å². The molecule has 0 aliphatic heterocycles. The Bertz CT molecular complexity index is 483. The standard InChI is InChI=1S/C17H20N.Ir/c1-12(2)14-6-5-7-16(10-14)17-11-15(13(3)4)8-9-18-17;/h5-6,8-13H,1-4H3;/q-1;. The second kappa shape index (κ2) is 6.98. The van der Waals surface area contributed by atoms with E-state index in [1.54, 1.807) is 0 Å². The predicted octanol–water partition coefficient (Wildman–Crippen LogP) is 4.79. The summed E-state index contributed by atoms with van der Waals surface area (Å²) in [6, 6.07) is 13.8. The molecular formula is C17H20IrN-. The van der Waals surface area contributed by atoms with Gasteiger partial charge in [0.25, 0.3) is 0 Å². The van der Waals surface area contributed by atoms with Gasteiger partial charge in [0.2, 0.25) is 0 Å². The molecule has 1 aromatic heterocycles. The van der Waals surface area contributed by atoms with E-state index in [2.05, 4.69) is 63.0 Å². The molecule has 0 bridgehead atoms. The Kier molecular flexibility index (Phi) is 5.90. The van der Waals surface area contributed by atoms with Gasteiger partial charge in [-0.3, -0.25) is 0 Å². The van der Waals surface area contributed by atoms with Crippen LogP contribution >= 0.6 is 0 Å². The van der Waals surface area contributed by atoms with Gasteiger partial charge in [-0.05, 0) is 23.6 Å². The molecule has 2 heteroatoms. The molecule has 0 N–H and O–H groups in total. The summed E-state index contributed by atoms with van der Waals surface area (Å²) in [5.74, 6) is 1.06. The fraction of sp³-hybridized carbons (Fsp3) is 0.353. The van der Waals surface area contributed by atoms with Gasteiger partial charge < -0.3 is 4.98 Å². The van der Waals surface area contributed by atoms with Gasteiger partial charge in [0.15, 0.2) is 0 Å². The molecule has 1 radical (unpaired) electrons. The maximum absolute atomic E-state index is 4.46. The third-order valence-corrected chi connectivity index (χ3v) is 3.22. The molecule has 1 aromatic carbocycles. The zero-order chi connectivity index (χ0) is 13.1.